The largest absolute Gasteiger partial charge is 0.390 e. The maximum atomic E-state index is 12.4. The molecule has 0 radical (unpaired) electrons. The summed E-state index contributed by atoms with van der Waals surface area (Å²) in [4.78, 5) is 39.8. The van der Waals surface area contributed by atoms with Crippen LogP contribution >= 0.6 is 0 Å². The van der Waals surface area contributed by atoms with Gasteiger partial charge in [-0.05, 0) is 19.8 Å². The van der Waals surface area contributed by atoms with Gasteiger partial charge in [-0.2, -0.15) is 0 Å². The first-order valence-electron chi connectivity index (χ1n) is 7.54. The van der Waals surface area contributed by atoms with Gasteiger partial charge in [-0.15, -0.1) is 0 Å². The SMILES string of the molecule is CC[C@@H]1CN(C(=O)Cc2c[nH]c(=O)n(C)c2=O)CC[C@]1(C)O. The summed E-state index contributed by atoms with van der Waals surface area (Å²) in [5.74, 6) is -0.123. The number of aliphatic hydroxyl groups is 1. The minimum Gasteiger partial charge on any atom is -0.390 e. The van der Waals surface area contributed by atoms with Gasteiger partial charge in [-0.3, -0.25) is 14.2 Å². The first kappa shape index (κ1) is 16.5. The molecule has 122 valence electrons. The lowest BCUT2D eigenvalue weighted by Crippen LogP contribution is -2.52. The van der Waals surface area contributed by atoms with Gasteiger partial charge in [0, 0.05) is 37.8 Å². The molecule has 7 nitrogen and oxygen atoms in total. The molecule has 1 aliphatic heterocycles. The molecule has 1 aromatic heterocycles. The Morgan fingerprint density at radius 1 is 1.50 bits per heavy atom. The van der Waals surface area contributed by atoms with Crippen molar-refractivity contribution in [2.45, 2.75) is 38.7 Å². The summed E-state index contributed by atoms with van der Waals surface area (Å²) >= 11 is 0. The molecule has 7 heteroatoms. The van der Waals surface area contributed by atoms with Crippen LogP contribution in [0.15, 0.2) is 15.8 Å². The van der Waals surface area contributed by atoms with Gasteiger partial charge < -0.3 is 15.0 Å². The summed E-state index contributed by atoms with van der Waals surface area (Å²) in [6.07, 6.45) is 2.58. The van der Waals surface area contributed by atoms with Crippen molar-refractivity contribution in [2.75, 3.05) is 13.1 Å². The molecule has 2 atom stereocenters. The topological polar surface area (TPSA) is 95.4 Å². The quantitative estimate of drug-likeness (QED) is 0.796. The molecule has 0 aliphatic carbocycles. The molecule has 2 heterocycles. The van der Waals surface area contributed by atoms with Gasteiger partial charge in [0.15, 0.2) is 0 Å². The Bertz CT molecular complexity index is 674. The Morgan fingerprint density at radius 3 is 2.82 bits per heavy atom. The molecule has 0 unspecified atom stereocenters. The highest BCUT2D eigenvalue weighted by atomic mass is 16.3. The highest BCUT2D eigenvalue weighted by Gasteiger charge is 2.37. The van der Waals surface area contributed by atoms with Crippen molar-refractivity contribution in [2.24, 2.45) is 13.0 Å². The molecule has 2 rings (SSSR count). The predicted molar refractivity (Wildman–Crippen MR) is 81.6 cm³/mol. The average Bonchev–Trinajstić information content (AvgIpc) is 2.47. The number of rotatable bonds is 3. The maximum absolute atomic E-state index is 12.4. The third-order valence-corrected chi connectivity index (χ3v) is 4.65. The summed E-state index contributed by atoms with van der Waals surface area (Å²) in [6.45, 7) is 4.77. The highest BCUT2D eigenvalue weighted by molar-refractivity contribution is 5.78. The molecule has 0 aromatic carbocycles. The summed E-state index contributed by atoms with van der Waals surface area (Å²) in [7, 11) is 1.38. The molecule has 1 aromatic rings. The minimum atomic E-state index is -0.750. The molecular formula is C15H23N3O4. The van der Waals surface area contributed by atoms with E-state index < -0.39 is 16.9 Å². The zero-order valence-electron chi connectivity index (χ0n) is 13.3. The average molecular weight is 309 g/mol. The van der Waals surface area contributed by atoms with Gasteiger partial charge in [0.25, 0.3) is 5.56 Å². The fraction of sp³-hybridized carbons (Fsp3) is 0.667. The normalized spacial score (nSPS) is 25.3. The molecule has 0 spiro atoms. The molecule has 1 aliphatic rings. The van der Waals surface area contributed by atoms with E-state index in [0.717, 1.165) is 11.0 Å². The van der Waals surface area contributed by atoms with Crippen molar-refractivity contribution in [3.8, 4) is 0 Å². The second kappa shape index (κ2) is 6.08. The third kappa shape index (κ3) is 3.14. The van der Waals surface area contributed by atoms with E-state index >= 15 is 0 Å². The van der Waals surface area contributed by atoms with E-state index in [1.165, 1.54) is 13.2 Å². The number of piperidine rings is 1. The highest BCUT2D eigenvalue weighted by Crippen LogP contribution is 2.30. The number of nitrogens with zero attached hydrogens (tertiary/aromatic N) is 2. The van der Waals surface area contributed by atoms with E-state index in [4.69, 9.17) is 0 Å². The van der Waals surface area contributed by atoms with Crippen LogP contribution in [0.3, 0.4) is 0 Å². The summed E-state index contributed by atoms with van der Waals surface area (Å²) < 4.78 is 0.957. The number of hydrogen-bond donors (Lipinski definition) is 2. The van der Waals surface area contributed by atoms with Crippen molar-refractivity contribution >= 4 is 5.91 Å². The monoisotopic (exact) mass is 309 g/mol. The van der Waals surface area contributed by atoms with Gasteiger partial charge in [-0.25, -0.2) is 4.79 Å². The lowest BCUT2D eigenvalue weighted by molar-refractivity contribution is -0.138. The van der Waals surface area contributed by atoms with E-state index in [2.05, 4.69) is 4.98 Å². The van der Waals surface area contributed by atoms with Gasteiger partial charge in [0.1, 0.15) is 0 Å². The second-order valence-corrected chi connectivity index (χ2v) is 6.21. The van der Waals surface area contributed by atoms with Crippen LogP contribution in [0, 0.1) is 5.92 Å². The Labute approximate surface area is 128 Å². The Balaban J connectivity index is 2.12. The zero-order chi connectivity index (χ0) is 16.5. The van der Waals surface area contributed by atoms with Gasteiger partial charge in [0.05, 0.1) is 12.0 Å². The van der Waals surface area contributed by atoms with E-state index in [1.54, 1.807) is 11.8 Å². The fourth-order valence-electron chi connectivity index (χ4n) is 2.93. The number of amides is 1. The Kier molecular flexibility index (Phi) is 4.55. The maximum Gasteiger partial charge on any atom is 0.328 e. The van der Waals surface area contributed by atoms with Crippen LogP contribution in [0.2, 0.25) is 0 Å². The van der Waals surface area contributed by atoms with Crippen LogP contribution < -0.4 is 11.2 Å². The third-order valence-electron chi connectivity index (χ3n) is 4.65. The van der Waals surface area contributed by atoms with E-state index in [-0.39, 0.29) is 23.8 Å². The molecule has 1 saturated heterocycles. The van der Waals surface area contributed by atoms with Crippen molar-refractivity contribution < 1.29 is 9.90 Å². The minimum absolute atomic E-state index is 0.0311. The zero-order valence-corrected chi connectivity index (χ0v) is 13.3. The van der Waals surface area contributed by atoms with Crippen molar-refractivity contribution in [3.63, 3.8) is 0 Å². The number of aromatic amines is 1. The first-order valence-corrected chi connectivity index (χ1v) is 7.54. The van der Waals surface area contributed by atoms with E-state index in [0.29, 0.717) is 19.5 Å². The summed E-state index contributed by atoms with van der Waals surface area (Å²) in [5, 5.41) is 10.3. The van der Waals surface area contributed by atoms with Crippen LogP contribution in [0.1, 0.15) is 32.3 Å². The Morgan fingerprint density at radius 2 is 2.18 bits per heavy atom. The van der Waals surface area contributed by atoms with Crippen LogP contribution in [0.25, 0.3) is 0 Å². The van der Waals surface area contributed by atoms with Crippen molar-refractivity contribution in [1.82, 2.24) is 14.5 Å². The lowest BCUT2D eigenvalue weighted by Gasteiger charge is -2.42. The van der Waals surface area contributed by atoms with Crippen LogP contribution in [-0.4, -0.2) is 44.2 Å². The van der Waals surface area contributed by atoms with Gasteiger partial charge in [0.2, 0.25) is 5.91 Å². The molecule has 22 heavy (non-hydrogen) atoms. The standard InChI is InChI=1S/C15H23N3O4/c1-4-11-9-18(6-5-15(11,2)22)12(19)7-10-8-16-14(21)17(3)13(10)20/h8,11,22H,4-7,9H2,1-3H3,(H,16,21)/t11-,15+/m1/s1. The summed E-state index contributed by atoms with van der Waals surface area (Å²) in [5.41, 5.74) is -1.42. The molecule has 0 bridgehead atoms. The molecule has 1 amide bonds. The molecule has 1 fully saturated rings. The number of carbonyl (C=O) groups is 1. The van der Waals surface area contributed by atoms with Crippen molar-refractivity contribution in [1.29, 1.82) is 0 Å². The number of nitrogens with one attached hydrogen (secondary N) is 1. The fourth-order valence-corrected chi connectivity index (χ4v) is 2.93. The van der Waals surface area contributed by atoms with Crippen LogP contribution in [0.4, 0.5) is 0 Å². The summed E-state index contributed by atoms with van der Waals surface area (Å²) in [6, 6.07) is 0. The lowest BCUT2D eigenvalue weighted by atomic mass is 9.81. The van der Waals surface area contributed by atoms with Gasteiger partial charge >= 0.3 is 5.69 Å². The number of carbonyl (C=O) groups excluding carboxylic acids is 1. The van der Waals surface area contributed by atoms with Gasteiger partial charge in [-0.1, -0.05) is 6.92 Å². The number of likely N-dealkylation sites (tertiary alicyclic amines) is 1. The van der Waals surface area contributed by atoms with Crippen LogP contribution in [-0.2, 0) is 18.3 Å². The molecular weight excluding hydrogens is 286 g/mol. The Hall–Kier alpha value is -1.89. The molecule has 2 N–H and O–H groups in total. The predicted octanol–water partition coefficient (Wildman–Crippen LogP) is -0.374. The smallest absolute Gasteiger partial charge is 0.328 e. The number of aromatic nitrogens is 2. The van der Waals surface area contributed by atoms with E-state index in [9.17, 15) is 19.5 Å². The molecule has 0 saturated carbocycles. The second-order valence-electron chi connectivity index (χ2n) is 6.21. The number of hydrogen-bond acceptors (Lipinski definition) is 4. The van der Waals surface area contributed by atoms with Crippen molar-refractivity contribution in [3.05, 3.63) is 32.6 Å². The first-order chi connectivity index (χ1) is 10.3. The van der Waals surface area contributed by atoms with Crippen LogP contribution in [0.5, 0.6) is 0 Å². The van der Waals surface area contributed by atoms with E-state index in [1.807, 2.05) is 6.92 Å². The number of H-pyrrole nitrogens is 1.